The van der Waals surface area contributed by atoms with Crippen LogP contribution >= 0.6 is 0 Å². The van der Waals surface area contributed by atoms with Gasteiger partial charge in [0.05, 0.1) is 6.61 Å². The van der Waals surface area contributed by atoms with E-state index in [1.54, 1.807) is 0 Å². The summed E-state index contributed by atoms with van der Waals surface area (Å²) in [6, 6.07) is 0. The molecule has 26 nitrogen and oxygen atoms in total. The molecule has 0 spiro atoms. The molecule has 0 aromatic heterocycles. The Morgan fingerprint density at radius 1 is 0.352 bits per heavy atom. The second-order valence-corrected chi connectivity index (χ2v) is 22.9. The van der Waals surface area contributed by atoms with Crippen molar-refractivity contribution < 1.29 is 123 Å². The van der Waals surface area contributed by atoms with Crippen LogP contribution in [0.3, 0.4) is 0 Å². The third-order valence-corrected chi connectivity index (χ3v) is 15.6. The first-order chi connectivity index (χ1) is 32.8. The third-order valence-electron chi connectivity index (χ3n) is 11.1. The minimum Gasteiger partial charge on any atom is -0.463 e. The van der Waals surface area contributed by atoms with Crippen LogP contribution in [0.25, 0.3) is 0 Å². The van der Waals surface area contributed by atoms with Crippen molar-refractivity contribution in [3.63, 3.8) is 0 Å². The molecule has 15 atom stereocenters. The fraction of sp³-hybridized carbons (Fsp3) is 0.773. The standard InChI is InChI=1S/C44H66O26Si/c1-19(45)55-16-29-32(58-21(3)47)35(60-23(5)49)39(63-26(8)52)43(67-29)70-37-33(59-22(4)48)31(18-57-71(14,15)44(11,12)13)68-42(40(37)64-27(9)53)69-34-30(17-56-20(2)46)66-41(65-28(10)54)38(62-25(7)51)36(34)61-24(6)50/h29-43H,16-18H2,1-15H3/t29-,30-,31-,32+,33+,34-,35+,36+,37+,38+,39-,40-,41+,42+,43+/m1/s1. The van der Waals surface area contributed by atoms with Gasteiger partial charge in [-0.2, -0.15) is 0 Å². The predicted molar refractivity (Wildman–Crippen MR) is 233 cm³/mol. The van der Waals surface area contributed by atoms with Gasteiger partial charge in [0.15, 0.2) is 57.5 Å². The van der Waals surface area contributed by atoms with Crippen LogP contribution in [0, 0.1) is 0 Å². The zero-order valence-corrected chi connectivity index (χ0v) is 43.4. The molecular weight excluding hydrogens is 973 g/mol. The van der Waals surface area contributed by atoms with Crippen LogP contribution in [-0.2, 0) is 123 Å². The molecule has 27 heteroatoms. The number of hydrogen-bond donors (Lipinski definition) is 0. The van der Waals surface area contributed by atoms with Crippen LogP contribution in [0.1, 0.15) is 90.0 Å². The van der Waals surface area contributed by atoms with Gasteiger partial charge < -0.3 is 75.5 Å². The molecule has 3 aliphatic rings. The Bertz CT molecular complexity index is 1950. The van der Waals surface area contributed by atoms with Crippen molar-refractivity contribution >= 4 is 68.0 Å². The molecule has 3 rings (SSSR count). The van der Waals surface area contributed by atoms with Crippen LogP contribution in [0.2, 0.25) is 18.1 Å². The molecule has 0 radical (unpaired) electrons. The van der Waals surface area contributed by atoms with Crippen LogP contribution in [0.4, 0.5) is 0 Å². The lowest BCUT2D eigenvalue weighted by Crippen LogP contribution is -2.69. The van der Waals surface area contributed by atoms with E-state index in [1.165, 1.54) is 0 Å². The average molecular weight is 1040 g/mol. The first-order valence-corrected chi connectivity index (χ1v) is 25.3. The van der Waals surface area contributed by atoms with E-state index in [0.29, 0.717) is 0 Å². The monoisotopic (exact) mass is 1040 g/mol. The van der Waals surface area contributed by atoms with Gasteiger partial charge in [-0.05, 0) is 18.1 Å². The van der Waals surface area contributed by atoms with Gasteiger partial charge in [-0.3, -0.25) is 47.9 Å². The molecule has 3 heterocycles. The van der Waals surface area contributed by atoms with E-state index in [1.807, 2.05) is 33.9 Å². The van der Waals surface area contributed by atoms with E-state index in [0.717, 1.165) is 69.2 Å². The van der Waals surface area contributed by atoms with Gasteiger partial charge in [0.25, 0.3) is 0 Å². The van der Waals surface area contributed by atoms with Crippen molar-refractivity contribution in [1.82, 2.24) is 0 Å². The highest BCUT2D eigenvalue weighted by atomic mass is 28.4. The molecule has 402 valence electrons. The minimum atomic E-state index is -2.76. The normalized spacial score (nSPS) is 30.8. The second-order valence-electron chi connectivity index (χ2n) is 18.1. The van der Waals surface area contributed by atoms with Gasteiger partial charge in [-0.15, -0.1) is 0 Å². The van der Waals surface area contributed by atoms with Crippen molar-refractivity contribution in [2.24, 2.45) is 0 Å². The lowest BCUT2D eigenvalue weighted by molar-refractivity contribution is -0.379. The lowest BCUT2D eigenvalue weighted by Gasteiger charge is -2.50. The maximum absolute atomic E-state index is 13.2. The molecule has 0 aromatic rings. The van der Waals surface area contributed by atoms with Crippen molar-refractivity contribution in [2.75, 3.05) is 19.8 Å². The van der Waals surface area contributed by atoms with E-state index < -0.39 is 185 Å². The summed E-state index contributed by atoms with van der Waals surface area (Å²) in [5.41, 5.74) is 0. The topological polar surface area (TPSA) is 318 Å². The molecule has 0 aromatic carbocycles. The van der Waals surface area contributed by atoms with Gasteiger partial charge in [-0.25, -0.2) is 0 Å². The zero-order valence-electron chi connectivity index (χ0n) is 42.4. The number of carbonyl (C=O) groups excluding carboxylic acids is 10. The fourth-order valence-electron chi connectivity index (χ4n) is 7.32. The van der Waals surface area contributed by atoms with Gasteiger partial charge in [0.1, 0.15) is 43.7 Å². The van der Waals surface area contributed by atoms with E-state index in [4.69, 9.17) is 75.5 Å². The van der Waals surface area contributed by atoms with E-state index in [9.17, 15) is 47.9 Å². The van der Waals surface area contributed by atoms with Gasteiger partial charge in [-0.1, -0.05) is 20.8 Å². The molecule has 0 unspecified atom stereocenters. The molecule has 0 N–H and O–H groups in total. The Balaban J connectivity index is 2.43. The summed E-state index contributed by atoms with van der Waals surface area (Å²) < 4.78 is 93.9. The summed E-state index contributed by atoms with van der Waals surface area (Å²) in [6.07, 6.45) is -26.6. The smallest absolute Gasteiger partial charge is 0.305 e. The van der Waals surface area contributed by atoms with Gasteiger partial charge in [0.2, 0.25) is 12.4 Å². The summed E-state index contributed by atoms with van der Waals surface area (Å²) in [5.74, 6) is -9.44. The van der Waals surface area contributed by atoms with Crippen molar-refractivity contribution in [3.8, 4) is 0 Å². The van der Waals surface area contributed by atoms with E-state index in [2.05, 4.69) is 0 Å². The molecule has 0 saturated carbocycles. The molecule has 71 heavy (non-hydrogen) atoms. The maximum Gasteiger partial charge on any atom is 0.305 e. The average Bonchev–Trinajstić information content (AvgIpc) is 3.20. The van der Waals surface area contributed by atoms with E-state index >= 15 is 0 Å². The van der Waals surface area contributed by atoms with E-state index in [-0.39, 0.29) is 0 Å². The first kappa shape index (κ1) is 60.0. The summed E-state index contributed by atoms with van der Waals surface area (Å²) in [6.45, 7) is 18.0. The first-order valence-electron chi connectivity index (χ1n) is 22.4. The van der Waals surface area contributed by atoms with Crippen LogP contribution in [0.15, 0.2) is 0 Å². The molecule has 0 aliphatic carbocycles. The van der Waals surface area contributed by atoms with Crippen molar-refractivity contribution in [2.45, 2.75) is 200 Å². The molecule has 3 saturated heterocycles. The minimum absolute atomic E-state index is 0.407. The quantitative estimate of drug-likeness (QED) is 0.0995. The predicted octanol–water partition coefficient (Wildman–Crippen LogP) is 1.16. The summed E-state index contributed by atoms with van der Waals surface area (Å²) in [7, 11) is -2.76. The highest BCUT2D eigenvalue weighted by molar-refractivity contribution is 6.74. The van der Waals surface area contributed by atoms with Crippen LogP contribution < -0.4 is 0 Å². The lowest BCUT2D eigenvalue weighted by atomic mass is 9.95. The third kappa shape index (κ3) is 17.7. The number of esters is 10. The number of ether oxygens (including phenoxy) is 15. The Hall–Kier alpha value is -5.32. The second kappa shape index (κ2) is 25.9. The molecule has 0 amide bonds. The molecule has 0 bridgehead atoms. The zero-order chi connectivity index (χ0) is 53.9. The summed E-state index contributed by atoms with van der Waals surface area (Å²) in [5, 5.41) is -0.427. The molecule has 3 fully saturated rings. The summed E-state index contributed by atoms with van der Waals surface area (Å²) >= 11 is 0. The fourth-order valence-corrected chi connectivity index (χ4v) is 8.33. The molecule has 3 aliphatic heterocycles. The Labute approximate surface area is 410 Å². The highest BCUT2D eigenvalue weighted by Gasteiger charge is 2.60. The Morgan fingerprint density at radius 2 is 0.634 bits per heavy atom. The largest absolute Gasteiger partial charge is 0.463 e. The highest BCUT2D eigenvalue weighted by Crippen LogP contribution is 2.41. The number of carbonyl (C=O) groups is 10. The summed E-state index contributed by atoms with van der Waals surface area (Å²) in [4.78, 5) is 126. The van der Waals surface area contributed by atoms with Crippen LogP contribution in [0.5, 0.6) is 0 Å². The van der Waals surface area contributed by atoms with Gasteiger partial charge in [0, 0.05) is 69.2 Å². The van der Waals surface area contributed by atoms with Crippen LogP contribution in [-0.4, -0.2) is 180 Å². The van der Waals surface area contributed by atoms with Gasteiger partial charge >= 0.3 is 59.7 Å². The number of hydrogen-bond acceptors (Lipinski definition) is 26. The van der Waals surface area contributed by atoms with Crippen molar-refractivity contribution in [3.05, 3.63) is 0 Å². The Morgan fingerprint density at radius 3 is 1.01 bits per heavy atom. The molecular formula is C44H66O26Si. The van der Waals surface area contributed by atoms with Crippen molar-refractivity contribution in [1.29, 1.82) is 0 Å². The maximum atomic E-state index is 13.2. The Kier molecular flexibility index (Phi) is 21.9. The SMILES string of the molecule is CC(=O)OC[C@H]1O[C@@H](O[C@H]2[C@@H](OC(C)=O)[C@@H](CO[Si](C)(C)C(C)(C)C)O[C@@H](O[C@H]3[C@H](OC(C)=O)[C@H](OC(C)=O)[C@@H](OC(C)=O)O[C@@H]3COC(C)=O)[C@@H]2OC(C)=O)[C@H](OC(C)=O)[C@@H](OC(C)=O)[C@H]1OC(C)=O. The number of rotatable bonds is 19.